The van der Waals surface area contributed by atoms with Crippen molar-refractivity contribution in [3.63, 3.8) is 0 Å². The second kappa shape index (κ2) is 9.55. The van der Waals surface area contributed by atoms with Gasteiger partial charge in [-0.3, -0.25) is 9.59 Å². The van der Waals surface area contributed by atoms with Gasteiger partial charge in [0.25, 0.3) is 17.7 Å². The molecule has 5 rings (SSSR count). The van der Waals surface area contributed by atoms with Crippen LogP contribution in [-0.4, -0.2) is 81.2 Å². The van der Waals surface area contributed by atoms with E-state index in [2.05, 4.69) is 27.5 Å². The largest absolute Gasteiger partial charge is 0.388 e. The minimum atomic E-state index is -2.98. The molecule has 0 unspecified atom stereocenters. The molecular formula is C25H31F2N5O4S. The smallest absolute Gasteiger partial charge is 0.280 e. The Hall–Kier alpha value is -2.70. The summed E-state index contributed by atoms with van der Waals surface area (Å²) in [4.78, 5) is 36.9. The number of thiazole rings is 1. The third-order valence-electron chi connectivity index (χ3n) is 7.42. The van der Waals surface area contributed by atoms with Crippen molar-refractivity contribution in [1.82, 2.24) is 20.2 Å². The van der Waals surface area contributed by atoms with Crippen molar-refractivity contribution in [2.24, 2.45) is 0 Å². The Morgan fingerprint density at radius 3 is 2.62 bits per heavy atom. The highest BCUT2D eigenvalue weighted by Gasteiger charge is 2.46. The van der Waals surface area contributed by atoms with Crippen LogP contribution in [-0.2, 0) is 4.74 Å². The summed E-state index contributed by atoms with van der Waals surface area (Å²) in [6.45, 7) is 5.17. The quantitative estimate of drug-likeness (QED) is 0.520. The normalized spacial score (nSPS) is 26.1. The average Bonchev–Trinajstić information content (AvgIpc) is 3.49. The van der Waals surface area contributed by atoms with E-state index in [0.29, 0.717) is 16.3 Å². The van der Waals surface area contributed by atoms with Crippen molar-refractivity contribution in [3.05, 3.63) is 28.5 Å². The van der Waals surface area contributed by atoms with Crippen molar-refractivity contribution in [2.75, 3.05) is 25.1 Å². The summed E-state index contributed by atoms with van der Waals surface area (Å²) in [7, 11) is 0. The number of carbonyl (C=O) groups excluding carboxylic acids is 2. The van der Waals surface area contributed by atoms with Crippen molar-refractivity contribution in [3.8, 4) is 10.4 Å². The number of alkyl halides is 2. The Bertz CT molecular complexity index is 1220. The number of ether oxygens (including phenoxy) is 1. The summed E-state index contributed by atoms with van der Waals surface area (Å²) in [5, 5.41) is 16.1. The summed E-state index contributed by atoms with van der Waals surface area (Å²) in [5.74, 6) is -3.49. The first-order chi connectivity index (χ1) is 17.4. The molecule has 0 spiro atoms. The Morgan fingerprint density at radius 1 is 1.30 bits per heavy atom. The maximum atomic E-state index is 14.1. The summed E-state index contributed by atoms with van der Waals surface area (Å²) in [6.07, 6.45) is 3.63. The van der Waals surface area contributed by atoms with Crippen molar-refractivity contribution >= 4 is 29.0 Å². The molecule has 9 nitrogen and oxygen atoms in total. The number of anilines is 1. The monoisotopic (exact) mass is 535 g/mol. The highest BCUT2D eigenvalue weighted by Crippen LogP contribution is 2.39. The van der Waals surface area contributed by atoms with Gasteiger partial charge in [0.15, 0.2) is 5.01 Å². The van der Waals surface area contributed by atoms with E-state index in [-0.39, 0.29) is 29.5 Å². The minimum absolute atomic E-state index is 0.000333. The number of carbonyl (C=O) groups is 2. The van der Waals surface area contributed by atoms with Gasteiger partial charge in [0.2, 0.25) is 0 Å². The van der Waals surface area contributed by atoms with E-state index in [1.807, 2.05) is 13.0 Å². The predicted octanol–water partition coefficient (Wildman–Crippen LogP) is 3.23. The maximum Gasteiger partial charge on any atom is 0.280 e. The number of hydrogen-bond acceptors (Lipinski definition) is 8. The lowest BCUT2D eigenvalue weighted by Crippen LogP contribution is -2.42. The van der Waals surface area contributed by atoms with E-state index >= 15 is 0 Å². The molecule has 37 heavy (non-hydrogen) atoms. The molecule has 3 aliphatic rings. The zero-order valence-corrected chi connectivity index (χ0v) is 21.8. The van der Waals surface area contributed by atoms with E-state index < -0.39 is 48.9 Å². The molecular weight excluding hydrogens is 504 g/mol. The lowest BCUT2D eigenvalue weighted by molar-refractivity contribution is 0.0118. The van der Waals surface area contributed by atoms with Gasteiger partial charge in [0, 0.05) is 29.8 Å². The molecule has 0 bridgehead atoms. The first-order valence-electron chi connectivity index (χ1n) is 12.5. The van der Waals surface area contributed by atoms with Crippen LogP contribution in [0.5, 0.6) is 0 Å². The van der Waals surface area contributed by atoms with E-state index in [4.69, 9.17) is 4.74 Å². The van der Waals surface area contributed by atoms with Crippen LogP contribution in [0.25, 0.3) is 10.4 Å². The topological polar surface area (TPSA) is 117 Å². The van der Waals surface area contributed by atoms with Gasteiger partial charge >= 0.3 is 0 Å². The van der Waals surface area contributed by atoms with E-state index in [0.717, 1.165) is 41.1 Å². The van der Waals surface area contributed by atoms with Gasteiger partial charge < -0.3 is 25.4 Å². The zero-order chi connectivity index (χ0) is 26.5. The van der Waals surface area contributed by atoms with Crippen LogP contribution < -0.4 is 10.6 Å². The van der Waals surface area contributed by atoms with Gasteiger partial charge in [0.1, 0.15) is 11.5 Å². The average molecular weight is 536 g/mol. The number of halogens is 2. The number of pyridine rings is 1. The lowest BCUT2D eigenvalue weighted by atomic mass is 9.78. The van der Waals surface area contributed by atoms with Crippen molar-refractivity contribution in [1.29, 1.82) is 0 Å². The van der Waals surface area contributed by atoms with E-state index in [1.165, 1.54) is 0 Å². The molecule has 2 saturated heterocycles. The standard InChI is InChI=1S/C25H31F2N5O4S/c1-13-7-18(31-24(3)5-4-6-24)28-9-15(13)20-19(23(35)32-12-25(26,27)8-14(32)2)30-22(37-20)21(34)29-16-10-36-11-17(16)33/h7,9,14,16-17,33H,4-6,8,10-12H2,1-3H3,(H,28,31)(H,29,34)/t14-,16-,17+/m0/s1. The third-order valence-corrected chi connectivity index (χ3v) is 8.51. The van der Waals surface area contributed by atoms with Gasteiger partial charge in [-0.25, -0.2) is 18.7 Å². The number of likely N-dealkylation sites (tertiary alicyclic amines) is 1. The van der Waals surface area contributed by atoms with Crippen molar-refractivity contribution < 1.29 is 28.2 Å². The second-order valence-corrected chi connectivity index (χ2v) is 11.6. The lowest BCUT2D eigenvalue weighted by Gasteiger charge is -2.39. The van der Waals surface area contributed by atoms with Gasteiger partial charge in [0.05, 0.1) is 36.8 Å². The number of aromatic nitrogens is 2. The SMILES string of the molecule is Cc1cc(NC2(C)CCC2)ncc1-c1sc(C(=O)N[C@H]2COC[C@H]2O)nc1C(=O)N1CC(F)(F)C[C@@H]1C. The maximum absolute atomic E-state index is 14.1. The van der Waals surface area contributed by atoms with Crippen LogP contribution in [0.4, 0.5) is 14.6 Å². The third kappa shape index (κ3) is 5.19. The van der Waals surface area contributed by atoms with Crippen LogP contribution in [0.15, 0.2) is 12.3 Å². The molecule has 2 aromatic heterocycles. The first-order valence-corrected chi connectivity index (χ1v) is 13.3. The summed E-state index contributed by atoms with van der Waals surface area (Å²) in [5.41, 5.74) is 1.36. The molecule has 0 radical (unpaired) electrons. The number of nitrogens with one attached hydrogen (secondary N) is 2. The Labute approximate surface area is 217 Å². The van der Waals surface area contributed by atoms with Gasteiger partial charge in [-0.1, -0.05) is 0 Å². The number of hydrogen-bond donors (Lipinski definition) is 3. The minimum Gasteiger partial charge on any atom is -0.388 e. The highest BCUT2D eigenvalue weighted by molar-refractivity contribution is 7.17. The van der Waals surface area contributed by atoms with Crippen LogP contribution in [0.3, 0.4) is 0 Å². The van der Waals surface area contributed by atoms with Crippen LogP contribution in [0.1, 0.15) is 65.4 Å². The molecule has 2 aromatic rings. The predicted molar refractivity (Wildman–Crippen MR) is 134 cm³/mol. The Morgan fingerprint density at radius 2 is 2.05 bits per heavy atom. The second-order valence-electron chi connectivity index (χ2n) is 10.6. The van der Waals surface area contributed by atoms with E-state index in [9.17, 15) is 23.5 Å². The number of rotatable bonds is 6. The van der Waals surface area contributed by atoms with Gasteiger partial charge in [-0.15, -0.1) is 11.3 Å². The number of amides is 2. The van der Waals surface area contributed by atoms with Crippen molar-refractivity contribution in [2.45, 2.75) is 76.1 Å². The molecule has 0 aromatic carbocycles. The summed E-state index contributed by atoms with van der Waals surface area (Å²) < 4.78 is 33.4. The molecule has 3 N–H and O–H groups in total. The Kier molecular flexibility index (Phi) is 6.70. The van der Waals surface area contributed by atoms with Crippen LogP contribution >= 0.6 is 11.3 Å². The molecule has 1 saturated carbocycles. The molecule has 200 valence electrons. The molecule has 12 heteroatoms. The molecule has 3 atom stereocenters. The molecule has 3 fully saturated rings. The molecule has 2 aliphatic heterocycles. The Balaban J connectivity index is 1.48. The number of aryl methyl sites for hydroxylation is 1. The fourth-order valence-corrected chi connectivity index (χ4v) is 6.11. The number of nitrogens with zero attached hydrogens (tertiary/aromatic N) is 3. The van der Waals surface area contributed by atoms with Crippen LogP contribution in [0.2, 0.25) is 0 Å². The van der Waals surface area contributed by atoms with Gasteiger partial charge in [-0.05, 0) is 51.7 Å². The number of aliphatic hydroxyl groups is 1. The van der Waals surface area contributed by atoms with Crippen LogP contribution in [0, 0.1) is 6.92 Å². The van der Waals surface area contributed by atoms with Gasteiger partial charge in [-0.2, -0.15) is 0 Å². The first kappa shape index (κ1) is 25.9. The fourth-order valence-electron chi connectivity index (χ4n) is 5.08. The molecule has 1 aliphatic carbocycles. The molecule has 4 heterocycles. The highest BCUT2D eigenvalue weighted by atomic mass is 32.1. The molecule has 2 amide bonds. The van der Waals surface area contributed by atoms with E-state index in [1.54, 1.807) is 13.1 Å². The number of aliphatic hydroxyl groups excluding tert-OH is 1. The zero-order valence-electron chi connectivity index (χ0n) is 21.0. The fraction of sp³-hybridized carbons (Fsp3) is 0.600. The summed E-state index contributed by atoms with van der Waals surface area (Å²) >= 11 is 1.00. The summed E-state index contributed by atoms with van der Waals surface area (Å²) in [6, 6.07) is 0.609.